The van der Waals surface area contributed by atoms with E-state index in [0.717, 1.165) is 39.0 Å². The highest BCUT2D eigenvalue weighted by atomic mass is 16.3. The molecule has 4 nitrogen and oxygen atoms in total. The normalized spacial score (nSPS) is 18.6. The first kappa shape index (κ1) is 18.9. The fourth-order valence-electron chi connectivity index (χ4n) is 3.52. The molecule has 1 aliphatic heterocycles. The Morgan fingerprint density at radius 1 is 1.12 bits per heavy atom. The highest BCUT2D eigenvalue weighted by molar-refractivity contribution is 5.79. The van der Waals surface area contributed by atoms with Gasteiger partial charge in [-0.15, -0.1) is 0 Å². The maximum Gasteiger partial charge on any atom is 0.226 e. The number of hydrogen-bond acceptors (Lipinski definition) is 3. The lowest BCUT2D eigenvalue weighted by atomic mass is 9.87. The third-order valence-corrected chi connectivity index (χ3v) is 5.24. The van der Waals surface area contributed by atoms with Crippen molar-refractivity contribution in [1.29, 1.82) is 0 Å². The van der Waals surface area contributed by atoms with Crippen molar-refractivity contribution in [2.45, 2.75) is 39.7 Å². The molecule has 24 heavy (non-hydrogen) atoms. The van der Waals surface area contributed by atoms with Crippen LogP contribution in [-0.2, 0) is 11.2 Å². The number of carbonyl (C=O) groups is 1. The zero-order valence-electron chi connectivity index (χ0n) is 15.3. The molecule has 0 radical (unpaired) electrons. The maximum absolute atomic E-state index is 13.0. The monoisotopic (exact) mass is 332 g/mol. The molecule has 2 rings (SSSR count). The third kappa shape index (κ3) is 4.81. The summed E-state index contributed by atoms with van der Waals surface area (Å²) in [6, 6.07) is 10.5. The largest absolute Gasteiger partial charge is 0.395 e. The summed E-state index contributed by atoms with van der Waals surface area (Å²) in [5.41, 5.74) is 1.23. The summed E-state index contributed by atoms with van der Waals surface area (Å²) in [6.07, 6.45) is 1.76. The predicted octanol–water partition coefficient (Wildman–Crippen LogP) is 2.42. The second-order valence-corrected chi connectivity index (χ2v) is 7.15. The molecule has 1 saturated heterocycles. The van der Waals surface area contributed by atoms with Crippen LogP contribution in [0.2, 0.25) is 0 Å². The van der Waals surface area contributed by atoms with Crippen LogP contribution < -0.4 is 0 Å². The average Bonchev–Trinajstić information content (AvgIpc) is 2.61. The van der Waals surface area contributed by atoms with Crippen LogP contribution in [0.15, 0.2) is 30.3 Å². The van der Waals surface area contributed by atoms with Crippen molar-refractivity contribution < 1.29 is 9.90 Å². The summed E-state index contributed by atoms with van der Waals surface area (Å²) in [7, 11) is 0. The minimum absolute atomic E-state index is 0.0405. The Kier molecular flexibility index (Phi) is 7.25. The molecule has 1 heterocycles. The third-order valence-electron chi connectivity index (χ3n) is 5.24. The second kappa shape index (κ2) is 9.19. The van der Waals surface area contributed by atoms with Gasteiger partial charge in [-0.25, -0.2) is 0 Å². The summed E-state index contributed by atoms with van der Waals surface area (Å²) < 4.78 is 0. The lowest BCUT2D eigenvalue weighted by molar-refractivity contribution is -0.139. The van der Waals surface area contributed by atoms with Crippen LogP contribution in [0.5, 0.6) is 0 Å². The fraction of sp³-hybridized carbons (Fsp3) is 0.650. The van der Waals surface area contributed by atoms with E-state index in [1.165, 1.54) is 5.56 Å². The molecule has 4 heteroatoms. The summed E-state index contributed by atoms with van der Waals surface area (Å²) in [6.45, 7) is 9.85. The number of piperazine rings is 1. The van der Waals surface area contributed by atoms with Crippen LogP contribution in [-0.4, -0.2) is 59.6 Å². The fourth-order valence-corrected chi connectivity index (χ4v) is 3.52. The van der Waals surface area contributed by atoms with E-state index in [0.29, 0.717) is 5.92 Å². The number of aliphatic hydroxyl groups excluding tert-OH is 1. The minimum atomic E-state index is 0.0405. The summed E-state index contributed by atoms with van der Waals surface area (Å²) >= 11 is 0. The van der Waals surface area contributed by atoms with E-state index in [-0.39, 0.29) is 24.5 Å². The van der Waals surface area contributed by atoms with Crippen molar-refractivity contribution in [1.82, 2.24) is 9.80 Å². The predicted molar refractivity (Wildman–Crippen MR) is 97.8 cm³/mol. The van der Waals surface area contributed by atoms with Crippen molar-refractivity contribution in [2.75, 3.05) is 32.8 Å². The number of benzene rings is 1. The molecular formula is C20H32N2O2. The van der Waals surface area contributed by atoms with Crippen molar-refractivity contribution in [3.8, 4) is 0 Å². The van der Waals surface area contributed by atoms with Gasteiger partial charge in [0.15, 0.2) is 0 Å². The zero-order chi connectivity index (χ0) is 17.5. The number of rotatable bonds is 7. The van der Waals surface area contributed by atoms with E-state index in [4.69, 9.17) is 0 Å². The Balaban J connectivity index is 1.96. The molecule has 1 aliphatic rings. The van der Waals surface area contributed by atoms with Gasteiger partial charge in [0.25, 0.3) is 0 Å². The number of nitrogens with zero attached hydrogens (tertiary/aromatic N) is 2. The smallest absolute Gasteiger partial charge is 0.226 e. The van der Waals surface area contributed by atoms with E-state index in [1.54, 1.807) is 0 Å². The summed E-state index contributed by atoms with van der Waals surface area (Å²) in [5.74, 6) is 0.654. The van der Waals surface area contributed by atoms with Gasteiger partial charge in [-0.1, -0.05) is 51.1 Å². The van der Waals surface area contributed by atoms with Gasteiger partial charge < -0.3 is 10.0 Å². The molecule has 1 N–H and O–H groups in total. The number of amides is 1. The molecule has 1 fully saturated rings. The molecule has 1 aromatic rings. The zero-order valence-corrected chi connectivity index (χ0v) is 15.3. The quantitative estimate of drug-likeness (QED) is 0.834. The highest BCUT2D eigenvalue weighted by Gasteiger charge is 2.30. The van der Waals surface area contributed by atoms with E-state index in [2.05, 4.69) is 37.8 Å². The Hall–Kier alpha value is -1.39. The van der Waals surface area contributed by atoms with Crippen molar-refractivity contribution in [2.24, 2.45) is 11.8 Å². The van der Waals surface area contributed by atoms with Crippen LogP contribution in [0.3, 0.4) is 0 Å². The van der Waals surface area contributed by atoms with Crippen LogP contribution >= 0.6 is 0 Å². The highest BCUT2D eigenvalue weighted by Crippen LogP contribution is 2.21. The summed E-state index contributed by atoms with van der Waals surface area (Å²) in [4.78, 5) is 17.4. The Labute approximate surface area is 146 Å². The van der Waals surface area contributed by atoms with Gasteiger partial charge in [-0.3, -0.25) is 9.69 Å². The molecule has 0 saturated carbocycles. The molecule has 2 unspecified atom stereocenters. The van der Waals surface area contributed by atoms with E-state index < -0.39 is 0 Å². The first-order valence-corrected chi connectivity index (χ1v) is 9.24. The lowest BCUT2D eigenvalue weighted by Crippen LogP contribution is -2.54. The van der Waals surface area contributed by atoms with E-state index >= 15 is 0 Å². The van der Waals surface area contributed by atoms with Crippen LogP contribution in [0.4, 0.5) is 0 Å². The van der Waals surface area contributed by atoms with Crippen molar-refractivity contribution in [3.05, 3.63) is 35.9 Å². The molecule has 0 bridgehead atoms. The molecule has 134 valence electrons. The SMILES string of the molecule is CCC(CO)N1CCN(C(=O)C(Cc2ccccc2)C(C)C)CC1. The standard InChI is InChI=1S/C20H32N2O2/c1-4-18(15-23)21-10-12-22(13-11-21)20(24)19(16(2)3)14-17-8-6-5-7-9-17/h5-9,16,18-19,23H,4,10-15H2,1-3H3. The van der Waals surface area contributed by atoms with Gasteiger partial charge in [0.2, 0.25) is 5.91 Å². The second-order valence-electron chi connectivity index (χ2n) is 7.15. The van der Waals surface area contributed by atoms with Gasteiger partial charge in [-0.05, 0) is 24.3 Å². The first-order chi connectivity index (χ1) is 11.6. The number of carbonyl (C=O) groups excluding carboxylic acids is 1. The first-order valence-electron chi connectivity index (χ1n) is 9.24. The molecule has 1 amide bonds. The Morgan fingerprint density at radius 2 is 1.75 bits per heavy atom. The lowest BCUT2D eigenvalue weighted by Gasteiger charge is -2.40. The number of aliphatic hydroxyl groups is 1. The molecule has 0 aromatic heterocycles. The van der Waals surface area contributed by atoms with Crippen LogP contribution in [0, 0.1) is 11.8 Å². The van der Waals surface area contributed by atoms with E-state index in [1.807, 2.05) is 23.1 Å². The summed E-state index contributed by atoms with van der Waals surface area (Å²) in [5, 5.41) is 9.46. The Bertz CT molecular complexity index is 492. The van der Waals surface area contributed by atoms with E-state index in [9.17, 15) is 9.90 Å². The number of hydrogen-bond donors (Lipinski definition) is 1. The van der Waals surface area contributed by atoms with Crippen LogP contribution in [0.1, 0.15) is 32.8 Å². The van der Waals surface area contributed by atoms with Gasteiger partial charge in [0, 0.05) is 38.1 Å². The van der Waals surface area contributed by atoms with Gasteiger partial charge in [0.1, 0.15) is 0 Å². The maximum atomic E-state index is 13.0. The van der Waals surface area contributed by atoms with Gasteiger partial charge in [-0.2, -0.15) is 0 Å². The van der Waals surface area contributed by atoms with Crippen LogP contribution in [0.25, 0.3) is 0 Å². The average molecular weight is 332 g/mol. The van der Waals surface area contributed by atoms with Crippen molar-refractivity contribution in [3.63, 3.8) is 0 Å². The van der Waals surface area contributed by atoms with Gasteiger partial charge >= 0.3 is 0 Å². The molecule has 1 aromatic carbocycles. The van der Waals surface area contributed by atoms with Crippen molar-refractivity contribution >= 4 is 5.91 Å². The Morgan fingerprint density at radius 3 is 2.25 bits per heavy atom. The minimum Gasteiger partial charge on any atom is -0.395 e. The van der Waals surface area contributed by atoms with Gasteiger partial charge in [0.05, 0.1) is 6.61 Å². The molecular weight excluding hydrogens is 300 g/mol. The molecule has 0 spiro atoms. The molecule has 2 atom stereocenters. The topological polar surface area (TPSA) is 43.8 Å². The molecule has 0 aliphatic carbocycles.